The van der Waals surface area contributed by atoms with Gasteiger partial charge in [0, 0.05) is 31.5 Å². The number of aliphatic carboxylic acids is 1. The van der Waals surface area contributed by atoms with Crippen LogP contribution in [0.4, 0.5) is 9.59 Å². The number of rotatable bonds is 9. The minimum absolute atomic E-state index is 0.00299. The van der Waals surface area contributed by atoms with Gasteiger partial charge in [-0.25, -0.2) is 9.59 Å². The van der Waals surface area contributed by atoms with Crippen LogP contribution in [0.2, 0.25) is 0 Å². The highest BCUT2D eigenvalue weighted by molar-refractivity contribution is 5.79. The maximum absolute atomic E-state index is 13.2. The molecule has 0 spiro atoms. The zero-order chi connectivity index (χ0) is 26.6. The van der Waals surface area contributed by atoms with Crippen molar-refractivity contribution in [3.8, 4) is 11.1 Å². The van der Waals surface area contributed by atoms with E-state index in [4.69, 9.17) is 14.6 Å². The fourth-order valence-corrected chi connectivity index (χ4v) is 5.15. The number of carbonyl (C=O) groups is 3. The lowest BCUT2D eigenvalue weighted by molar-refractivity contribution is -0.137. The molecule has 2 amide bonds. The Labute approximate surface area is 217 Å². The maximum Gasteiger partial charge on any atom is 0.409 e. The van der Waals surface area contributed by atoms with Crippen molar-refractivity contribution in [3.63, 3.8) is 0 Å². The molecule has 0 unspecified atom stereocenters. The van der Waals surface area contributed by atoms with Gasteiger partial charge in [-0.2, -0.15) is 0 Å². The molecular weight excluding hydrogens is 472 g/mol. The van der Waals surface area contributed by atoms with E-state index < -0.39 is 23.8 Å². The molecule has 1 fully saturated rings. The van der Waals surface area contributed by atoms with Gasteiger partial charge in [0.1, 0.15) is 12.2 Å². The third-order valence-corrected chi connectivity index (χ3v) is 6.85. The summed E-state index contributed by atoms with van der Waals surface area (Å²) in [7, 11) is 0. The summed E-state index contributed by atoms with van der Waals surface area (Å²) in [4.78, 5) is 37.8. The number of benzene rings is 2. The fraction of sp³-hybridized carbons (Fsp3) is 0.483. The van der Waals surface area contributed by atoms with Crippen LogP contribution in [-0.2, 0) is 14.3 Å². The molecule has 2 aliphatic carbocycles. The number of fused-ring (bicyclic) bond motifs is 3. The van der Waals surface area contributed by atoms with Gasteiger partial charge in [-0.1, -0.05) is 48.5 Å². The second-order valence-electron chi connectivity index (χ2n) is 10.9. The number of hydrogen-bond acceptors (Lipinski definition) is 5. The summed E-state index contributed by atoms with van der Waals surface area (Å²) in [5, 5.41) is 11.9. The van der Waals surface area contributed by atoms with E-state index in [-0.39, 0.29) is 30.9 Å². The Bertz CT molecular complexity index is 1090. The second-order valence-corrected chi connectivity index (χ2v) is 10.9. The van der Waals surface area contributed by atoms with Gasteiger partial charge in [-0.3, -0.25) is 4.79 Å². The normalized spacial score (nSPS) is 18.2. The highest BCUT2D eigenvalue weighted by atomic mass is 16.6. The van der Waals surface area contributed by atoms with Gasteiger partial charge in [0.15, 0.2) is 0 Å². The molecule has 4 rings (SSSR count). The third-order valence-electron chi connectivity index (χ3n) is 6.85. The Balaban J connectivity index is 1.34. The van der Waals surface area contributed by atoms with Crippen LogP contribution in [0.1, 0.15) is 63.5 Å². The van der Waals surface area contributed by atoms with Crippen LogP contribution in [0, 0.1) is 5.92 Å². The number of nitrogens with one attached hydrogen (secondary N) is 1. The summed E-state index contributed by atoms with van der Waals surface area (Å²) < 4.78 is 11.1. The summed E-state index contributed by atoms with van der Waals surface area (Å²) in [6, 6.07) is 16.3. The number of amides is 2. The highest BCUT2D eigenvalue weighted by Crippen LogP contribution is 2.44. The second kappa shape index (κ2) is 11.2. The maximum atomic E-state index is 13.2. The zero-order valence-corrected chi connectivity index (χ0v) is 21.7. The average molecular weight is 509 g/mol. The lowest BCUT2D eigenvalue weighted by Crippen LogP contribution is -2.50. The number of carboxylic acid groups (broad SMARTS) is 1. The molecule has 2 aromatic carbocycles. The Kier molecular flexibility index (Phi) is 8.05. The minimum atomic E-state index is -0.891. The highest BCUT2D eigenvalue weighted by Gasteiger charge is 2.35. The zero-order valence-electron chi connectivity index (χ0n) is 21.7. The van der Waals surface area contributed by atoms with Crippen LogP contribution in [0.3, 0.4) is 0 Å². The lowest BCUT2D eigenvalue weighted by atomic mass is 9.80. The van der Waals surface area contributed by atoms with Crippen molar-refractivity contribution < 1.29 is 29.0 Å². The molecule has 0 atom stereocenters. The first-order valence-corrected chi connectivity index (χ1v) is 12.9. The average Bonchev–Trinajstić information content (AvgIpc) is 3.12. The molecular formula is C29H36N2O6. The van der Waals surface area contributed by atoms with Gasteiger partial charge in [-0.05, 0) is 68.2 Å². The Morgan fingerprint density at radius 2 is 1.59 bits per heavy atom. The first-order valence-electron chi connectivity index (χ1n) is 12.9. The van der Waals surface area contributed by atoms with Gasteiger partial charge in [0.25, 0.3) is 0 Å². The summed E-state index contributed by atoms with van der Waals surface area (Å²) in [5.74, 6) is -0.730. The summed E-state index contributed by atoms with van der Waals surface area (Å²) in [5.41, 5.74) is 4.05. The van der Waals surface area contributed by atoms with E-state index in [2.05, 4.69) is 29.6 Å². The Hall–Kier alpha value is -3.55. The van der Waals surface area contributed by atoms with Gasteiger partial charge < -0.3 is 24.8 Å². The van der Waals surface area contributed by atoms with E-state index in [1.165, 1.54) is 0 Å². The number of hydrogen-bond donors (Lipinski definition) is 2. The monoisotopic (exact) mass is 508 g/mol. The molecule has 2 aromatic rings. The number of nitrogens with zero attached hydrogens (tertiary/aromatic N) is 1. The van der Waals surface area contributed by atoms with E-state index in [1.54, 1.807) is 4.90 Å². The van der Waals surface area contributed by atoms with Gasteiger partial charge in [0.2, 0.25) is 0 Å². The third kappa shape index (κ3) is 6.81. The molecule has 0 aromatic heterocycles. The van der Waals surface area contributed by atoms with E-state index in [0.29, 0.717) is 19.5 Å². The number of carboxylic acids is 1. The Morgan fingerprint density at radius 3 is 2.16 bits per heavy atom. The van der Waals surface area contributed by atoms with Crippen molar-refractivity contribution in [2.24, 2.45) is 5.92 Å². The van der Waals surface area contributed by atoms with Crippen LogP contribution in [-0.4, -0.2) is 59.5 Å². The molecule has 0 radical (unpaired) electrons. The quantitative estimate of drug-likeness (QED) is 0.470. The molecule has 0 aliphatic heterocycles. The van der Waals surface area contributed by atoms with Crippen LogP contribution in [0.25, 0.3) is 11.1 Å². The molecule has 198 valence electrons. The van der Waals surface area contributed by atoms with Gasteiger partial charge >= 0.3 is 18.2 Å². The number of carbonyl (C=O) groups excluding carboxylic acids is 2. The Morgan fingerprint density at radius 1 is 1.00 bits per heavy atom. The topological polar surface area (TPSA) is 105 Å². The summed E-state index contributed by atoms with van der Waals surface area (Å²) in [6.07, 6.45) is 0.921. The van der Waals surface area contributed by atoms with Crippen molar-refractivity contribution in [1.82, 2.24) is 10.2 Å². The standard InChI is InChI=1S/C29H36N2O6/c1-29(2,3)37-27(34)30-20-15-19(16-20)17-31(14-8-13-26(32)33)28(35)36-18-25-23-11-6-4-9-21(23)22-10-5-7-12-24(22)25/h4-7,9-12,19-20,25H,8,13-18H2,1-3H3,(H,30,34)(H,32,33). The molecule has 0 saturated heterocycles. The molecule has 8 heteroatoms. The van der Waals surface area contributed by atoms with E-state index in [1.807, 2.05) is 45.0 Å². The first kappa shape index (κ1) is 26.5. The number of ether oxygens (including phenoxy) is 2. The molecule has 1 saturated carbocycles. The van der Waals surface area contributed by atoms with E-state index in [0.717, 1.165) is 35.1 Å². The van der Waals surface area contributed by atoms with Gasteiger partial charge in [-0.15, -0.1) is 0 Å². The smallest absolute Gasteiger partial charge is 0.409 e. The van der Waals surface area contributed by atoms with Crippen molar-refractivity contribution in [2.45, 2.75) is 64.0 Å². The van der Waals surface area contributed by atoms with E-state index in [9.17, 15) is 14.4 Å². The van der Waals surface area contributed by atoms with Crippen LogP contribution in [0.15, 0.2) is 48.5 Å². The lowest BCUT2D eigenvalue weighted by Gasteiger charge is -2.38. The van der Waals surface area contributed by atoms with Crippen LogP contribution in [0.5, 0.6) is 0 Å². The predicted molar refractivity (Wildman–Crippen MR) is 139 cm³/mol. The molecule has 8 nitrogen and oxygen atoms in total. The first-order chi connectivity index (χ1) is 17.6. The minimum Gasteiger partial charge on any atom is -0.481 e. The van der Waals surface area contributed by atoms with Crippen LogP contribution < -0.4 is 5.32 Å². The molecule has 37 heavy (non-hydrogen) atoms. The van der Waals surface area contributed by atoms with Crippen LogP contribution >= 0.6 is 0 Å². The predicted octanol–water partition coefficient (Wildman–Crippen LogP) is 5.41. The largest absolute Gasteiger partial charge is 0.481 e. The molecule has 0 heterocycles. The van der Waals surface area contributed by atoms with Crippen molar-refractivity contribution in [2.75, 3.05) is 19.7 Å². The van der Waals surface area contributed by atoms with Crippen molar-refractivity contribution in [1.29, 1.82) is 0 Å². The number of alkyl carbamates (subject to hydrolysis) is 1. The summed E-state index contributed by atoms with van der Waals surface area (Å²) in [6.45, 7) is 6.45. The molecule has 2 N–H and O–H groups in total. The summed E-state index contributed by atoms with van der Waals surface area (Å²) >= 11 is 0. The van der Waals surface area contributed by atoms with Crippen molar-refractivity contribution >= 4 is 18.2 Å². The van der Waals surface area contributed by atoms with Crippen molar-refractivity contribution in [3.05, 3.63) is 59.7 Å². The van der Waals surface area contributed by atoms with Gasteiger partial charge in [0.05, 0.1) is 0 Å². The van der Waals surface area contributed by atoms with E-state index >= 15 is 0 Å². The molecule has 0 bridgehead atoms. The SMILES string of the molecule is CC(C)(C)OC(=O)NC1CC(CN(CCCC(=O)O)C(=O)OCC2c3ccccc3-c3ccccc32)C1. The fourth-order valence-electron chi connectivity index (χ4n) is 5.15. The molecule has 2 aliphatic rings.